The molecule has 0 saturated heterocycles. The minimum atomic E-state index is -0.323. The van der Waals surface area contributed by atoms with E-state index < -0.39 is 0 Å². The van der Waals surface area contributed by atoms with Crippen LogP contribution >= 0.6 is 0 Å². The summed E-state index contributed by atoms with van der Waals surface area (Å²) in [6.07, 6.45) is 6.91. The van der Waals surface area contributed by atoms with Gasteiger partial charge in [0.2, 0.25) is 0 Å². The highest BCUT2D eigenvalue weighted by molar-refractivity contribution is 4.93. The van der Waals surface area contributed by atoms with Gasteiger partial charge >= 0.3 is 0 Å². The first-order chi connectivity index (χ1) is 6.12. The van der Waals surface area contributed by atoms with Crippen LogP contribution in [0.15, 0.2) is 0 Å². The quantitative estimate of drug-likeness (QED) is 0.710. The maximum Gasteiger partial charge on any atom is 0.0675 e. The van der Waals surface area contributed by atoms with Gasteiger partial charge in [0.05, 0.1) is 5.60 Å². The summed E-state index contributed by atoms with van der Waals surface area (Å²) in [6.45, 7) is 6.65. The smallest absolute Gasteiger partial charge is 0.0675 e. The minimum absolute atomic E-state index is 0.323. The van der Waals surface area contributed by atoms with Crippen LogP contribution in [0.5, 0.6) is 0 Å². The van der Waals surface area contributed by atoms with Gasteiger partial charge in [-0.3, -0.25) is 0 Å². The molecule has 0 radical (unpaired) electrons. The molecule has 13 heavy (non-hydrogen) atoms. The third-order valence-corrected chi connectivity index (χ3v) is 3.79. The van der Waals surface area contributed by atoms with Gasteiger partial charge in [-0.05, 0) is 31.1 Å². The van der Waals surface area contributed by atoms with Crippen LogP contribution in [0.1, 0.15) is 59.3 Å². The van der Waals surface area contributed by atoms with Crippen LogP contribution in [0.2, 0.25) is 0 Å². The van der Waals surface area contributed by atoms with E-state index in [0.717, 1.165) is 18.8 Å². The Morgan fingerprint density at radius 1 is 1.38 bits per heavy atom. The van der Waals surface area contributed by atoms with Gasteiger partial charge in [-0.1, -0.05) is 40.0 Å². The normalized spacial score (nSPS) is 39.7. The third kappa shape index (κ3) is 2.46. The first-order valence-corrected chi connectivity index (χ1v) is 5.84. The summed E-state index contributed by atoms with van der Waals surface area (Å²) < 4.78 is 0. The Labute approximate surface area is 82.5 Å². The average molecular weight is 184 g/mol. The van der Waals surface area contributed by atoms with E-state index >= 15 is 0 Å². The average Bonchev–Trinajstić information content (AvgIpc) is 2.40. The van der Waals surface area contributed by atoms with Crippen LogP contribution in [-0.2, 0) is 0 Å². The van der Waals surface area contributed by atoms with Gasteiger partial charge in [0.15, 0.2) is 0 Å². The molecule has 2 unspecified atom stereocenters. The van der Waals surface area contributed by atoms with Crippen molar-refractivity contribution in [3.8, 4) is 0 Å². The molecule has 3 atom stereocenters. The molecule has 0 aromatic heterocycles. The Morgan fingerprint density at radius 3 is 2.54 bits per heavy atom. The molecule has 78 valence electrons. The molecule has 1 rings (SSSR count). The van der Waals surface area contributed by atoms with Crippen molar-refractivity contribution < 1.29 is 5.11 Å². The number of hydrogen-bond acceptors (Lipinski definition) is 1. The molecular formula is C12H24O. The van der Waals surface area contributed by atoms with Crippen molar-refractivity contribution >= 4 is 0 Å². The first kappa shape index (κ1) is 11.0. The largest absolute Gasteiger partial charge is 0.390 e. The number of rotatable bonds is 4. The molecule has 1 fully saturated rings. The van der Waals surface area contributed by atoms with E-state index in [4.69, 9.17) is 0 Å². The molecule has 0 heterocycles. The Balaban J connectivity index is 2.47. The van der Waals surface area contributed by atoms with Gasteiger partial charge < -0.3 is 5.11 Å². The van der Waals surface area contributed by atoms with Crippen molar-refractivity contribution in [2.45, 2.75) is 64.9 Å². The number of unbranched alkanes of at least 4 members (excludes halogenated alkanes) is 1. The van der Waals surface area contributed by atoms with Crippen molar-refractivity contribution in [1.82, 2.24) is 0 Å². The lowest BCUT2D eigenvalue weighted by Crippen LogP contribution is -2.31. The number of hydrogen-bond donors (Lipinski definition) is 1. The van der Waals surface area contributed by atoms with Gasteiger partial charge in [0.1, 0.15) is 0 Å². The summed E-state index contributed by atoms with van der Waals surface area (Å²) in [4.78, 5) is 0. The molecule has 1 saturated carbocycles. The summed E-state index contributed by atoms with van der Waals surface area (Å²) in [5.74, 6) is 1.29. The lowest BCUT2D eigenvalue weighted by Gasteiger charge is -2.27. The summed E-state index contributed by atoms with van der Waals surface area (Å²) in [6, 6.07) is 0. The maximum absolute atomic E-state index is 10.4. The Morgan fingerprint density at radius 2 is 2.08 bits per heavy atom. The van der Waals surface area contributed by atoms with Gasteiger partial charge in [0, 0.05) is 0 Å². The molecule has 0 spiro atoms. The molecular weight excluding hydrogens is 160 g/mol. The molecule has 1 nitrogen and oxygen atoms in total. The fourth-order valence-electron chi connectivity index (χ4n) is 2.65. The second-order valence-electron chi connectivity index (χ2n) is 4.82. The molecule has 0 aliphatic heterocycles. The van der Waals surface area contributed by atoms with E-state index in [9.17, 15) is 5.11 Å². The Hall–Kier alpha value is -0.0400. The van der Waals surface area contributed by atoms with E-state index in [1.165, 1.54) is 25.7 Å². The van der Waals surface area contributed by atoms with Crippen LogP contribution in [-0.4, -0.2) is 10.7 Å². The maximum atomic E-state index is 10.4. The molecule has 1 aliphatic carbocycles. The molecule has 1 aliphatic rings. The van der Waals surface area contributed by atoms with E-state index in [2.05, 4.69) is 20.8 Å². The molecule has 1 heteroatoms. The monoisotopic (exact) mass is 184 g/mol. The van der Waals surface area contributed by atoms with E-state index in [1.54, 1.807) is 0 Å². The van der Waals surface area contributed by atoms with Crippen molar-refractivity contribution in [2.24, 2.45) is 11.8 Å². The zero-order valence-electron chi connectivity index (χ0n) is 9.34. The van der Waals surface area contributed by atoms with Crippen LogP contribution in [0.25, 0.3) is 0 Å². The van der Waals surface area contributed by atoms with E-state index in [1.807, 2.05) is 0 Å². The van der Waals surface area contributed by atoms with Crippen LogP contribution in [0.3, 0.4) is 0 Å². The van der Waals surface area contributed by atoms with Crippen molar-refractivity contribution in [3.05, 3.63) is 0 Å². The summed E-state index contributed by atoms with van der Waals surface area (Å²) in [5.41, 5.74) is -0.323. The summed E-state index contributed by atoms with van der Waals surface area (Å²) in [5, 5.41) is 10.4. The Kier molecular flexibility index (Phi) is 3.78. The standard InChI is InChI=1S/C12H24O/c1-4-6-7-12(13)9-11(5-2)8-10(12)3/h10-11,13H,4-9H2,1-3H3/t10?,11?,12-/m0/s1. The zero-order valence-corrected chi connectivity index (χ0v) is 9.34. The Bertz CT molecular complexity index is 155. The lowest BCUT2D eigenvalue weighted by molar-refractivity contribution is -0.00308. The molecule has 1 N–H and O–H groups in total. The highest BCUT2D eigenvalue weighted by Gasteiger charge is 2.41. The third-order valence-electron chi connectivity index (χ3n) is 3.79. The fraction of sp³-hybridized carbons (Fsp3) is 1.00. The second kappa shape index (κ2) is 4.45. The highest BCUT2D eigenvalue weighted by atomic mass is 16.3. The molecule has 0 aromatic rings. The summed E-state index contributed by atoms with van der Waals surface area (Å²) >= 11 is 0. The van der Waals surface area contributed by atoms with Crippen molar-refractivity contribution in [1.29, 1.82) is 0 Å². The van der Waals surface area contributed by atoms with Crippen molar-refractivity contribution in [2.75, 3.05) is 0 Å². The zero-order chi connectivity index (χ0) is 9.90. The van der Waals surface area contributed by atoms with Gasteiger partial charge in [-0.2, -0.15) is 0 Å². The molecule has 0 bridgehead atoms. The van der Waals surface area contributed by atoms with E-state index in [-0.39, 0.29) is 5.60 Å². The summed E-state index contributed by atoms with van der Waals surface area (Å²) in [7, 11) is 0. The predicted octanol–water partition coefficient (Wildman–Crippen LogP) is 3.36. The van der Waals surface area contributed by atoms with Gasteiger partial charge in [-0.25, -0.2) is 0 Å². The minimum Gasteiger partial charge on any atom is -0.390 e. The topological polar surface area (TPSA) is 20.2 Å². The number of aliphatic hydroxyl groups is 1. The van der Waals surface area contributed by atoms with Crippen molar-refractivity contribution in [3.63, 3.8) is 0 Å². The fourth-order valence-corrected chi connectivity index (χ4v) is 2.65. The predicted molar refractivity (Wildman–Crippen MR) is 56.7 cm³/mol. The van der Waals surface area contributed by atoms with E-state index in [0.29, 0.717) is 5.92 Å². The highest BCUT2D eigenvalue weighted by Crippen LogP contribution is 2.43. The second-order valence-corrected chi connectivity index (χ2v) is 4.82. The van der Waals surface area contributed by atoms with Crippen LogP contribution in [0.4, 0.5) is 0 Å². The van der Waals surface area contributed by atoms with Crippen LogP contribution < -0.4 is 0 Å². The van der Waals surface area contributed by atoms with Gasteiger partial charge in [-0.15, -0.1) is 0 Å². The van der Waals surface area contributed by atoms with Gasteiger partial charge in [0.25, 0.3) is 0 Å². The lowest BCUT2D eigenvalue weighted by atomic mass is 9.87. The molecule has 0 amide bonds. The SMILES string of the molecule is CCCC[C@]1(O)CC(CC)CC1C. The van der Waals surface area contributed by atoms with Crippen LogP contribution in [0, 0.1) is 11.8 Å². The first-order valence-electron chi connectivity index (χ1n) is 5.84. The molecule has 0 aromatic carbocycles.